The van der Waals surface area contributed by atoms with Gasteiger partial charge in [0, 0.05) is 19.2 Å². The van der Waals surface area contributed by atoms with E-state index < -0.39 is 0 Å². The Morgan fingerprint density at radius 2 is 2.27 bits per heavy atom. The average molecular weight is 211 g/mol. The number of hydrogen-bond acceptors (Lipinski definition) is 2. The predicted molar refractivity (Wildman–Crippen MR) is 55.3 cm³/mol. The maximum Gasteiger partial charge on any atom is 0.251 e. The summed E-state index contributed by atoms with van der Waals surface area (Å²) in [7, 11) is 1.56. The number of ether oxygens (including phenoxy) is 1. The second-order valence-corrected chi connectivity index (χ2v) is 3.21. The number of aryl methyl sites for hydroxylation is 1. The second-order valence-electron chi connectivity index (χ2n) is 3.21. The van der Waals surface area contributed by atoms with E-state index in [1.54, 1.807) is 14.0 Å². The van der Waals surface area contributed by atoms with Gasteiger partial charge in [-0.2, -0.15) is 0 Å². The quantitative estimate of drug-likeness (QED) is 0.767. The minimum absolute atomic E-state index is 0.213. The van der Waals surface area contributed by atoms with Crippen molar-refractivity contribution in [3.63, 3.8) is 0 Å². The van der Waals surface area contributed by atoms with Crippen LogP contribution < -0.4 is 5.32 Å². The highest BCUT2D eigenvalue weighted by atomic mass is 19.1. The van der Waals surface area contributed by atoms with Crippen molar-refractivity contribution in [2.45, 2.75) is 6.92 Å². The third-order valence-corrected chi connectivity index (χ3v) is 2.01. The minimum Gasteiger partial charge on any atom is -0.383 e. The molecule has 0 unspecified atom stereocenters. The van der Waals surface area contributed by atoms with Crippen molar-refractivity contribution in [2.24, 2.45) is 0 Å². The van der Waals surface area contributed by atoms with Gasteiger partial charge in [0.2, 0.25) is 0 Å². The molecule has 0 fully saturated rings. The number of amides is 1. The summed E-state index contributed by atoms with van der Waals surface area (Å²) in [5.74, 6) is -0.515. The van der Waals surface area contributed by atoms with Gasteiger partial charge in [-0.05, 0) is 30.7 Å². The van der Waals surface area contributed by atoms with Crippen molar-refractivity contribution in [3.05, 3.63) is 35.1 Å². The van der Waals surface area contributed by atoms with Gasteiger partial charge >= 0.3 is 0 Å². The summed E-state index contributed by atoms with van der Waals surface area (Å²) >= 11 is 0. The number of benzene rings is 1. The van der Waals surface area contributed by atoms with Crippen LogP contribution in [-0.2, 0) is 4.74 Å². The minimum atomic E-state index is -0.302. The lowest BCUT2D eigenvalue weighted by Gasteiger charge is -2.05. The van der Waals surface area contributed by atoms with Gasteiger partial charge < -0.3 is 10.1 Å². The molecule has 0 heterocycles. The molecule has 0 saturated heterocycles. The SMILES string of the molecule is COCCNC(=O)c1ccc(F)c(C)c1. The van der Waals surface area contributed by atoms with E-state index in [4.69, 9.17) is 4.74 Å². The van der Waals surface area contributed by atoms with Crippen molar-refractivity contribution < 1.29 is 13.9 Å². The summed E-state index contributed by atoms with van der Waals surface area (Å²) in [6.45, 7) is 2.54. The summed E-state index contributed by atoms with van der Waals surface area (Å²) in [6.07, 6.45) is 0. The van der Waals surface area contributed by atoms with Crippen LogP contribution in [0.2, 0.25) is 0 Å². The number of carbonyl (C=O) groups excluding carboxylic acids is 1. The Labute approximate surface area is 88.2 Å². The maximum absolute atomic E-state index is 12.9. The van der Waals surface area contributed by atoms with Gasteiger partial charge in [0.15, 0.2) is 0 Å². The Bertz CT molecular complexity index is 352. The number of carbonyl (C=O) groups is 1. The zero-order valence-corrected chi connectivity index (χ0v) is 8.84. The molecule has 0 aliphatic carbocycles. The molecule has 82 valence electrons. The van der Waals surface area contributed by atoms with Gasteiger partial charge in [0.05, 0.1) is 6.61 Å². The first-order valence-corrected chi connectivity index (χ1v) is 4.68. The fourth-order valence-corrected chi connectivity index (χ4v) is 1.15. The molecule has 0 aliphatic rings. The molecule has 1 amide bonds. The lowest BCUT2D eigenvalue weighted by Crippen LogP contribution is -2.26. The first kappa shape index (κ1) is 11.7. The molecule has 1 rings (SSSR count). The van der Waals surface area contributed by atoms with Crippen molar-refractivity contribution in [3.8, 4) is 0 Å². The molecule has 1 aromatic rings. The number of methoxy groups -OCH3 is 1. The number of rotatable bonds is 4. The van der Waals surface area contributed by atoms with E-state index in [1.165, 1.54) is 18.2 Å². The fraction of sp³-hybridized carbons (Fsp3) is 0.364. The normalized spacial score (nSPS) is 10.1. The highest BCUT2D eigenvalue weighted by Crippen LogP contribution is 2.08. The Kier molecular flexibility index (Phi) is 4.24. The molecule has 3 nitrogen and oxygen atoms in total. The van der Waals surface area contributed by atoms with Crippen LogP contribution in [0.4, 0.5) is 4.39 Å². The van der Waals surface area contributed by atoms with Gasteiger partial charge in [-0.25, -0.2) is 4.39 Å². The van der Waals surface area contributed by atoms with E-state index >= 15 is 0 Å². The average Bonchev–Trinajstić information content (AvgIpc) is 2.22. The second kappa shape index (κ2) is 5.46. The van der Waals surface area contributed by atoms with E-state index in [9.17, 15) is 9.18 Å². The lowest BCUT2D eigenvalue weighted by molar-refractivity contribution is 0.0937. The molecule has 0 radical (unpaired) electrons. The monoisotopic (exact) mass is 211 g/mol. The van der Waals surface area contributed by atoms with Crippen LogP contribution in [0.1, 0.15) is 15.9 Å². The van der Waals surface area contributed by atoms with Gasteiger partial charge in [0.25, 0.3) is 5.91 Å². The van der Waals surface area contributed by atoms with Crippen LogP contribution in [0.15, 0.2) is 18.2 Å². The summed E-state index contributed by atoms with van der Waals surface area (Å²) < 4.78 is 17.7. The van der Waals surface area contributed by atoms with Crippen molar-refractivity contribution in [2.75, 3.05) is 20.3 Å². The molecule has 1 aromatic carbocycles. The maximum atomic E-state index is 12.9. The van der Waals surface area contributed by atoms with Crippen molar-refractivity contribution in [1.82, 2.24) is 5.32 Å². The molecule has 15 heavy (non-hydrogen) atoms. The van der Waals surface area contributed by atoms with Crippen molar-refractivity contribution >= 4 is 5.91 Å². The van der Waals surface area contributed by atoms with Crippen LogP contribution in [0.3, 0.4) is 0 Å². The van der Waals surface area contributed by atoms with Gasteiger partial charge in [0.1, 0.15) is 5.82 Å². The van der Waals surface area contributed by atoms with E-state index in [0.717, 1.165) is 0 Å². The molecule has 0 aliphatic heterocycles. The third-order valence-electron chi connectivity index (χ3n) is 2.01. The zero-order chi connectivity index (χ0) is 11.3. The first-order chi connectivity index (χ1) is 7.15. The third kappa shape index (κ3) is 3.32. The Balaban J connectivity index is 2.62. The van der Waals surface area contributed by atoms with Crippen LogP contribution in [-0.4, -0.2) is 26.2 Å². The van der Waals surface area contributed by atoms with Crippen LogP contribution >= 0.6 is 0 Å². The van der Waals surface area contributed by atoms with E-state index in [-0.39, 0.29) is 11.7 Å². The lowest BCUT2D eigenvalue weighted by atomic mass is 10.1. The number of hydrogen-bond donors (Lipinski definition) is 1. The van der Waals surface area contributed by atoms with Crippen LogP contribution in [0.25, 0.3) is 0 Å². The van der Waals surface area contributed by atoms with Gasteiger partial charge in [-0.15, -0.1) is 0 Å². The Morgan fingerprint density at radius 1 is 1.53 bits per heavy atom. The summed E-state index contributed by atoms with van der Waals surface area (Å²) in [5, 5.41) is 2.66. The van der Waals surface area contributed by atoms with Crippen LogP contribution in [0.5, 0.6) is 0 Å². The molecule has 0 saturated carbocycles. The highest BCUT2D eigenvalue weighted by Gasteiger charge is 2.06. The van der Waals surface area contributed by atoms with Gasteiger partial charge in [-0.1, -0.05) is 0 Å². The van der Waals surface area contributed by atoms with E-state index in [2.05, 4.69) is 5.32 Å². The molecule has 0 aromatic heterocycles. The molecule has 0 bridgehead atoms. The molecular weight excluding hydrogens is 197 g/mol. The first-order valence-electron chi connectivity index (χ1n) is 4.68. The van der Waals surface area contributed by atoms with Crippen LogP contribution in [0, 0.1) is 12.7 Å². The molecule has 4 heteroatoms. The summed E-state index contributed by atoms with van der Waals surface area (Å²) in [4.78, 5) is 11.5. The molecule has 0 atom stereocenters. The van der Waals surface area contributed by atoms with E-state index in [0.29, 0.717) is 24.3 Å². The standard InChI is InChI=1S/C11H14FNO2/c1-8-7-9(3-4-10(8)12)11(14)13-5-6-15-2/h3-4,7H,5-6H2,1-2H3,(H,13,14). The Hall–Kier alpha value is -1.42. The van der Waals surface area contributed by atoms with Crippen molar-refractivity contribution in [1.29, 1.82) is 0 Å². The molecule has 0 spiro atoms. The topological polar surface area (TPSA) is 38.3 Å². The molecular formula is C11H14FNO2. The number of halogens is 1. The smallest absolute Gasteiger partial charge is 0.251 e. The number of nitrogens with one attached hydrogen (secondary N) is 1. The summed E-state index contributed by atoms with van der Waals surface area (Å²) in [6, 6.07) is 4.28. The Morgan fingerprint density at radius 3 is 2.87 bits per heavy atom. The van der Waals surface area contributed by atoms with E-state index in [1.807, 2.05) is 0 Å². The summed E-state index contributed by atoms with van der Waals surface area (Å²) in [5.41, 5.74) is 0.930. The predicted octanol–water partition coefficient (Wildman–Crippen LogP) is 1.51. The molecule has 1 N–H and O–H groups in total. The fourth-order valence-electron chi connectivity index (χ4n) is 1.15. The largest absolute Gasteiger partial charge is 0.383 e. The van der Waals surface area contributed by atoms with Gasteiger partial charge in [-0.3, -0.25) is 4.79 Å². The highest BCUT2D eigenvalue weighted by molar-refractivity contribution is 5.94. The zero-order valence-electron chi connectivity index (χ0n) is 8.84.